The Hall–Kier alpha value is -0.120. The van der Waals surface area contributed by atoms with Crippen LogP contribution in [0.15, 0.2) is 0 Å². The van der Waals surface area contributed by atoms with Gasteiger partial charge < -0.3 is 14.8 Å². The highest BCUT2D eigenvalue weighted by Crippen LogP contribution is 2.43. The van der Waals surface area contributed by atoms with Crippen molar-refractivity contribution in [1.82, 2.24) is 5.32 Å². The van der Waals surface area contributed by atoms with E-state index in [1.54, 1.807) is 0 Å². The molecule has 0 aromatic rings. The van der Waals surface area contributed by atoms with Crippen molar-refractivity contribution in [3.05, 3.63) is 0 Å². The van der Waals surface area contributed by atoms with Crippen LogP contribution >= 0.6 is 0 Å². The SMILES string of the molecule is CC1CCNCC1OCC1CCC2(CCCC2)O1. The largest absolute Gasteiger partial charge is 0.374 e. The number of piperidine rings is 1. The zero-order valence-corrected chi connectivity index (χ0v) is 11.6. The van der Waals surface area contributed by atoms with E-state index in [0.717, 1.165) is 19.7 Å². The molecule has 0 aromatic carbocycles. The van der Waals surface area contributed by atoms with E-state index < -0.39 is 0 Å². The summed E-state index contributed by atoms with van der Waals surface area (Å²) in [5.74, 6) is 0.688. The van der Waals surface area contributed by atoms with Crippen LogP contribution in [0, 0.1) is 5.92 Å². The summed E-state index contributed by atoms with van der Waals surface area (Å²) in [5, 5.41) is 3.42. The van der Waals surface area contributed by atoms with E-state index in [9.17, 15) is 0 Å². The standard InChI is InChI=1S/C15H27NO2/c1-12-5-9-16-10-14(12)17-11-13-4-8-15(18-13)6-2-3-7-15/h12-14,16H,2-11H2,1H3. The van der Waals surface area contributed by atoms with Crippen molar-refractivity contribution in [2.45, 2.75) is 69.7 Å². The summed E-state index contributed by atoms with van der Waals surface area (Å²) >= 11 is 0. The van der Waals surface area contributed by atoms with Crippen molar-refractivity contribution in [2.24, 2.45) is 5.92 Å². The Kier molecular flexibility index (Phi) is 3.92. The molecule has 3 heteroatoms. The second-order valence-corrected chi connectivity index (χ2v) is 6.51. The van der Waals surface area contributed by atoms with Crippen LogP contribution in [-0.2, 0) is 9.47 Å². The molecule has 3 unspecified atom stereocenters. The third kappa shape index (κ3) is 2.73. The first-order valence-corrected chi connectivity index (χ1v) is 7.78. The van der Waals surface area contributed by atoms with Gasteiger partial charge in [-0.15, -0.1) is 0 Å². The number of nitrogens with one attached hydrogen (secondary N) is 1. The van der Waals surface area contributed by atoms with Gasteiger partial charge in [-0.2, -0.15) is 0 Å². The third-order valence-corrected chi connectivity index (χ3v) is 5.11. The first-order valence-electron chi connectivity index (χ1n) is 7.78. The molecule has 104 valence electrons. The van der Waals surface area contributed by atoms with Crippen LogP contribution < -0.4 is 5.32 Å². The van der Waals surface area contributed by atoms with Crippen LogP contribution in [-0.4, -0.2) is 37.5 Å². The van der Waals surface area contributed by atoms with Gasteiger partial charge in [0.1, 0.15) is 0 Å². The van der Waals surface area contributed by atoms with Crippen LogP contribution in [0.4, 0.5) is 0 Å². The molecule has 3 fully saturated rings. The van der Waals surface area contributed by atoms with Crippen molar-refractivity contribution in [1.29, 1.82) is 0 Å². The molecule has 18 heavy (non-hydrogen) atoms. The Balaban J connectivity index is 1.44. The van der Waals surface area contributed by atoms with E-state index in [1.807, 2.05) is 0 Å². The van der Waals surface area contributed by atoms with Gasteiger partial charge in [-0.05, 0) is 44.6 Å². The maximum Gasteiger partial charge on any atom is 0.0817 e. The Labute approximate surface area is 111 Å². The lowest BCUT2D eigenvalue weighted by Crippen LogP contribution is -2.42. The predicted molar refractivity (Wildman–Crippen MR) is 71.7 cm³/mol. The van der Waals surface area contributed by atoms with Crippen molar-refractivity contribution >= 4 is 0 Å². The first kappa shape index (κ1) is 12.9. The molecule has 3 rings (SSSR count). The molecule has 3 nitrogen and oxygen atoms in total. The molecule has 2 heterocycles. The highest BCUT2D eigenvalue weighted by Gasteiger charge is 2.42. The fourth-order valence-corrected chi connectivity index (χ4v) is 3.82. The van der Waals surface area contributed by atoms with E-state index in [4.69, 9.17) is 9.47 Å². The summed E-state index contributed by atoms with van der Waals surface area (Å²) in [4.78, 5) is 0. The summed E-state index contributed by atoms with van der Waals surface area (Å²) in [6.07, 6.45) is 9.73. The van der Waals surface area contributed by atoms with E-state index in [-0.39, 0.29) is 5.60 Å². The van der Waals surface area contributed by atoms with Crippen molar-refractivity contribution in [2.75, 3.05) is 19.7 Å². The highest BCUT2D eigenvalue weighted by molar-refractivity contribution is 4.92. The molecule has 0 amide bonds. The number of hydrogen-bond donors (Lipinski definition) is 1. The Bertz CT molecular complexity index is 276. The van der Waals surface area contributed by atoms with Crippen molar-refractivity contribution in [3.8, 4) is 0 Å². The highest BCUT2D eigenvalue weighted by atomic mass is 16.6. The summed E-state index contributed by atoms with van der Waals surface area (Å²) < 4.78 is 12.4. The van der Waals surface area contributed by atoms with Gasteiger partial charge in [-0.1, -0.05) is 19.8 Å². The van der Waals surface area contributed by atoms with Gasteiger partial charge in [-0.3, -0.25) is 0 Å². The maximum absolute atomic E-state index is 6.29. The van der Waals surface area contributed by atoms with Gasteiger partial charge in [0.25, 0.3) is 0 Å². The molecule has 1 N–H and O–H groups in total. The zero-order chi connectivity index (χ0) is 12.4. The zero-order valence-electron chi connectivity index (χ0n) is 11.6. The molecule has 3 atom stereocenters. The molecule has 2 aliphatic heterocycles. The Morgan fingerprint density at radius 3 is 2.83 bits per heavy atom. The topological polar surface area (TPSA) is 30.5 Å². The normalized spacial score (nSPS) is 39.5. The minimum Gasteiger partial charge on any atom is -0.374 e. The minimum absolute atomic E-state index is 0.254. The van der Waals surface area contributed by atoms with Gasteiger partial charge in [0.2, 0.25) is 0 Å². The Morgan fingerprint density at radius 1 is 1.22 bits per heavy atom. The van der Waals surface area contributed by atoms with Gasteiger partial charge >= 0.3 is 0 Å². The minimum atomic E-state index is 0.254. The van der Waals surface area contributed by atoms with Crippen LogP contribution in [0.3, 0.4) is 0 Å². The molecule has 3 aliphatic rings. The summed E-state index contributed by atoms with van der Waals surface area (Å²) in [6.45, 7) is 5.26. The van der Waals surface area contributed by atoms with Gasteiger partial charge in [0.05, 0.1) is 24.4 Å². The lowest BCUT2D eigenvalue weighted by atomic mass is 9.97. The van der Waals surface area contributed by atoms with Crippen LogP contribution in [0.25, 0.3) is 0 Å². The van der Waals surface area contributed by atoms with Gasteiger partial charge in [0.15, 0.2) is 0 Å². The fraction of sp³-hybridized carbons (Fsp3) is 1.00. The van der Waals surface area contributed by atoms with Crippen molar-refractivity contribution in [3.63, 3.8) is 0 Å². The summed E-state index contributed by atoms with van der Waals surface area (Å²) in [7, 11) is 0. The van der Waals surface area contributed by atoms with E-state index in [1.165, 1.54) is 44.9 Å². The van der Waals surface area contributed by atoms with Gasteiger partial charge in [-0.25, -0.2) is 0 Å². The van der Waals surface area contributed by atoms with Crippen molar-refractivity contribution < 1.29 is 9.47 Å². The molecule has 1 saturated carbocycles. The smallest absolute Gasteiger partial charge is 0.0817 e. The number of rotatable bonds is 3. The molecule has 1 aliphatic carbocycles. The van der Waals surface area contributed by atoms with Crippen LogP contribution in [0.5, 0.6) is 0 Å². The fourth-order valence-electron chi connectivity index (χ4n) is 3.82. The van der Waals surface area contributed by atoms with Gasteiger partial charge in [0, 0.05) is 6.54 Å². The number of hydrogen-bond acceptors (Lipinski definition) is 3. The lowest BCUT2D eigenvalue weighted by Gasteiger charge is -2.31. The molecular weight excluding hydrogens is 226 g/mol. The first-order chi connectivity index (χ1) is 8.77. The van der Waals surface area contributed by atoms with E-state index >= 15 is 0 Å². The molecule has 0 radical (unpaired) electrons. The predicted octanol–water partition coefficient (Wildman–Crippen LogP) is 2.49. The average Bonchev–Trinajstić information content (AvgIpc) is 3.00. The molecular formula is C15H27NO2. The lowest BCUT2D eigenvalue weighted by molar-refractivity contribution is -0.0921. The summed E-state index contributed by atoms with van der Waals surface area (Å²) in [6, 6.07) is 0. The quantitative estimate of drug-likeness (QED) is 0.838. The molecule has 0 aromatic heterocycles. The maximum atomic E-state index is 6.29. The van der Waals surface area contributed by atoms with Crippen LogP contribution in [0.1, 0.15) is 51.9 Å². The summed E-state index contributed by atoms with van der Waals surface area (Å²) in [5.41, 5.74) is 0.254. The third-order valence-electron chi connectivity index (χ3n) is 5.11. The number of ether oxygens (including phenoxy) is 2. The Morgan fingerprint density at radius 2 is 2.06 bits per heavy atom. The monoisotopic (exact) mass is 253 g/mol. The second-order valence-electron chi connectivity index (χ2n) is 6.51. The average molecular weight is 253 g/mol. The molecule has 0 bridgehead atoms. The van der Waals surface area contributed by atoms with Crippen LogP contribution in [0.2, 0.25) is 0 Å². The molecule has 1 spiro atoms. The van der Waals surface area contributed by atoms with E-state index in [2.05, 4.69) is 12.2 Å². The second kappa shape index (κ2) is 5.48. The molecule has 2 saturated heterocycles. The van der Waals surface area contributed by atoms with E-state index in [0.29, 0.717) is 18.1 Å².